The number of hydrogen-bond donors (Lipinski definition) is 0. The smallest absolute Gasteiger partial charge is 0.410 e. The van der Waals surface area contributed by atoms with Crippen molar-refractivity contribution in [3.05, 3.63) is 34.9 Å². The summed E-state index contributed by atoms with van der Waals surface area (Å²) in [6.45, 7) is 10.3. The first-order valence-electron chi connectivity index (χ1n) is 6.19. The molecule has 0 saturated carbocycles. The van der Waals surface area contributed by atoms with Crippen LogP contribution in [0.4, 0.5) is 4.79 Å². The Hall–Kier alpha value is -1.51. The molecule has 0 N–H and O–H groups in total. The third kappa shape index (κ3) is 4.40. The van der Waals surface area contributed by atoms with Crippen LogP contribution in [0, 0.1) is 13.8 Å². The quantitative estimate of drug-likeness (QED) is 0.800. The minimum Gasteiger partial charge on any atom is -0.444 e. The van der Waals surface area contributed by atoms with E-state index in [2.05, 4.69) is 32.0 Å². The predicted octanol–water partition coefficient (Wildman–Crippen LogP) is 3.67. The zero-order chi connectivity index (χ0) is 13.9. The van der Waals surface area contributed by atoms with Crippen molar-refractivity contribution in [3.63, 3.8) is 0 Å². The van der Waals surface area contributed by atoms with Gasteiger partial charge >= 0.3 is 6.09 Å². The average molecular weight is 249 g/mol. The molecule has 0 saturated heterocycles. The highest BCUT2D eigenvalue weighted by atomic mass is 16.6. The largest absolute Gasteiger partial charge is 0.444 e. The van der Waals surface area contributed by atoms with Gasteiger partial charge in [-0.15, -0.1) is 0 Å². The van der Waals surface area contributed by atoms with Crippen LogP contribution in [-0.4, -0.2) is 23.6 Å². The monoisotopic (exact) mass is 249 g/mol. The van der Waals surface area contributed by atoms with Gasteiger partial charge in [0, 0.05) is 13.6 Å². The second-order valence-electron chi connectivity index (χ2n) is 5.77. The molecule has 3 heteroatoms. The molecule has 0 heterocycles. The maximum atomic E-state index is 11.8. The first-order valence-corrected chi connectivity index (χ1v) is 6.19. The molecule has 0 radical (unpaired) electrons. The lowest BCUT2D eigenvalue weighted by molar-refractivity contribution is 0.0285. The summed E-state index contributed by atoms with van der Waals surface area (Å²) in [4.78, 5) is 13.4. The molecule has 0 aromatic heterocycles. The van der Waals surface area contributed by atoms with E-state index in [0.29, 0.717) is 6.54 Å². The van der Waals surface area contributed by atoms with Crippen molar-refractivity contribution >= 4 is 6.09 Å². The number of ether oxygens (including phenoxy) is 1. The van der Waals surface area contributed by atoms with Gasteiger partial charge in [0.25, 0.3) is 0 Å². The van der Waals surface area contributed by atoms with Crippen LogP contribution in [0.2, 0.25) is 0 Å². The van der Waals surface area contributed by atoms with E-state index in [1.165, 1.54) is 11.1 Å². The molecule has 0 unspecified atom stereocenters. The second-order valence-corrected chi connectivity index (χ2v) is 5.77. The second kappa shape index (κ2) is 5.42. The van der Waals surface area contributed by atoms with Crippen LogP contribution < -0.4 is 0 Å². The molecule has 100 valence electrons. The number of amides is 1. The first-order chi connectivity index (χ1) is 8.19. The third-order valence-corrected chi connectivity index (χ3v) is 2.61. The van der Waals surface area contributed by atoms with Gasteiger partial charge in [0.1, 0.15) is 5.60 Å². The number of rotatable bonds is 2. The number of benzene rings is 1. The van der Waals surface area contributed by atoms with E-state index < -0.39 is 5.60 Å². The predicted molar refractivity (Wildman–Crippen MR) is 73.6 cm³/mol. The van der Waals surface area contributed by atoms with Crippen molar-refractivity contribution in [3.8, 4) is 0 Å². The molecule has 0 aliphatic carbocycles. The zero-order valence-corrected chi connectivity index (χ0v) is 12.2. The van der Waals surface area contributed by atoms with Crippen molar-refractivity contribution in [2.24, 2.45) is 0 Å². The summed E-state index contributed by atoms with van der Waals surface area (Å²) in [6.07, 6.45) is -0.289. The lowest BCUT2D eigenvalue weighted by Crippen LogP contribution is -2.33. The van der Waals surface area contributed by atoms with Gasteiger partial charge in [-0.2, -0.15) is 0 Å². The normalized spacial score (nSPS) is 11.2. The summed E-state index contributed by atoms with van der Waals surface area (Å²) < 4.78 is 5.32. The summed E-state index contributed by atoms with van der Waals surface area (Å²) in [5, 5.41) is 0. The Morgan fingerprint density at radius 3 is 2.39 bits per heavy atom. The van der Waals surface area contributed by atoms with E-state index >= 15 is 0 Å². The fraction of sp³-hybridized carbons (Fsp3) is 0.533. The molecule has 0 bridgehead atoms. The molecule has 1 aromatic rings. The highest BCUT2D eigenvalue weighted by Gasteiger charge is 2.19. The van der Waals surface area contributed by atoms with Gasteiger partial charge in [-0.3, -0.25) is 0 Å². The fourth-order valence-corrected chi connectivity index (χ4v) is 1.68. The minimum absolute atomic E-state index is 0.289. The van der Waals surface area contributed by atoms with E-state index in [1.54, 1.807) is 11.9 Å². The van der Waals surface area contributed by atoms with Crippen molar-refractivity contribution in [1.82, 2.24) is 4.90 Å². The van der Waals surface area contributed by atoms with Crippen molar-refractivity contribution < 1.29 is 9.53 Å². The van der Waals surface area contributed by atoms with Crippen LogP contribution in [0.5, 0.6) is 0 Å². The van der Waals surface area contributed by atoms with Gasteiger partial charge in [0.05, 0.1) is 0 Å². The Kier molecular flexibility index (Phi) is 4.38. The highest BCUT2D eigenvalue weighted by molar-refractivity contribution is 5.67. The third-order valence-electron chi connectivity index (χ3n) is 2.61. The van der Waals surface area contributed by atoms with Gasteiger partial charge < -0.3 is 9.64 Å². The first kappa shape index (κ1) is 14.6. The molecule has 1 rings (SSSR count). The van der Waals surface area contributed by atoms with E-state index in [0.717, 1.165) is 5.56 Å². The molecule has 0 aliphatic heterocycles. The van der Waals surface area contributed by atoms with E-state index in [4.69, 9.17) is 4.74 Å². The number of carbonyl (C=O) groups excluding carboxylic acids is 1. The number of carbonyl (C=O) groups is 1. The maximum Gasteiger partial charge on any atom is 0.410 e. The summed E-state index contributed by atoms with van der Waals surface area (Å²) in [5.41, 5.74) is 3.13. The Bertz CT molecular complexity index is 433. The topological polar surface area (TPSA) is 29.5 Å². The summed E-state index contributed by atoms with van der Waals surface area (Å²) in [5.74, 6) is 0. The summed E-state index contributed by atoms with van der Waals surface area (Å²) in [6, 6.07) is 6.25. The van der Waals surface area contributed by atoms with E-state index in [9.17, 15) is 4.79 Å². The molecule has 0 fully saturated rings. The Morgan fingerprint density at radius 1 is 1.28 bits per heavy atom. The minimum atomic E-state index is -0.451. The molecule has 3 nitrogen and oxygen atoms in total. The SMILES string of the molecule is Cc1ccc(CN(C)C(=O)OC(C)(C)C)c(C)c1. The van der Waals surface area contributed by atoms with E-state index in [-0.39, 0.29) is 6.09 Å². The van der Waals surface area contributed by atoms with Gasteiger partial charge in [-0.05, 0) is 45.7 Å². The van der Waals surface area contributed by atoms with Crippen LogP contribution in [0.25, 0.3) is 0 Å². The standard InChI is InChI=1S/C15H23NO2/c1-11-7-8-13(12(2)9-11)10-16(6)14(17)18-15(3,4)5/h7-9H,10H2,1-6H3. The number of aryl methyl sites for hydroxylation is 2. The number of hydrogen-bond acceptors (Lipinski definition) is 2. The van der Waals surface area contributed by atoms with Crippen molar-refractivity contribution in [1.29, 1.82) is 0 Å². The zero-order valence-electron chi connectivity index (χ0n) is 12.2. The van der Waals surface area contributed by atoms with Crippen LogP contribution in [-0.2, 0) is 11.3 Å². The van der Waals surface area contributed by atoms with Gasteiger partial charge in [0.2, 0.25) is 0 Å². The van der Waals surface area contributed by atoms with E-state index in [1.807, 2.05) is 20.8 Å². The Morgan fingerprint density at radius 2 is 1.89 bits per heavy atom. The maximum absolute atomic E-state index is 11.8. The Labute approximate surface area is 110 Å². The molecule has 0 atom stereocenters. The lowest BCUT2D eigenvalue weighted by Gasteiger charge is -2.25. The molecule has 0 aliphatic rings. The van der Waals surface area contributed by atoms with Crippen LogP contribution in [0.1, 0.15) is 37.5 Å². The van der Waals surface area contributed by atoms with Crippen LogP contribution in [0.15, 0.2) is 18.2 Å². The van der Waals surface area contributed by atoms with Crippen molar-refractivity contribution in [2.45, 2.75) is 46.8 Å². The fourth-order valence-electron chi connectivity index (χ4n) is 1.68. The molecular weight excluding hydrogens is 226 g/mol. The Balaban J connectivity index is 2.69. The summed E-state index contributed by atoms with van der Waals surface area (Å²) in [7, 11) is 1.76. The van der Waals surface area contributed by atoms with Crippen molar-refractivity contribution in [2.75, 3.05) is 7.05 Å². The summed E-state index contributed by atoms with van der Waals surface area (Å²) >= 11 is 0. The average Bonchev–Trinajstić information content (AvgIpc) is 2.19. The molecule has 1 amide bonds. The van der Waals surface area contributed by atoms with Gasteiger partial charge in [-0.25, -0.2) is 4.79 Å². The lowest BCUT2D eigenvalue weighted by atomic mass is 10.1. The van der Waals surface area contributed by atoms with Gasteiger partial charge in [-0.1, -0.05) is 23.8 Å². The molecule has 0 spiro atoms. The molecule has 18 heavy (non-hydrogen) atoms. The highest BCUT2D eigenvalue weighted by Crippen LogP contribution is 2.15. The van der Waals surface area contributed by atoms with Crippen LogP contribution >= 0.6 is 0 Å². The van der Waals surface area contributed by atoms with Gasteiger partial charge in [0.15, 0.2) is 0 Å². The number of nitrogens with zero attached hydrogens (tertiary/aromatic N) is 1. The van der Waals surface area contributed by atoms with Crippen LogP contribution in [0.3, 0.4) is 0 Å². The molecular formula is C15H23NO2. The molecule has 1 aromatic carbocycles.